The van der Waals surface area contributed by atoms with Crippen molar-refractivity contribution in [3.8, 4) is 5.75 Å². The molecule has 0 spiro atoms. The summed E-state index contributed by atoms with van der Waals surface area (Å²) in [5.74, 6) is 1.29. The largest absolute Gasteiger partial charge is 0.497 e. The zero-order chi connectivity index (χ0) is 19.0. The summed E-state index contributed by atoms with van der Waals surface area (Å²) in [5, 5.41) is 9.25. The van der Waals surface area contributed by atoms with Crippen molar-refractivity contribution in [2.24, 2.45) is 17.3 Å². The van der Waals surface area contributed by atoms with E-state index in [4.69, 9.17) is 4.74 Å². The van der Waals surface area contributed by atoms with E-state index >= 15 is 0 Å². The molecule has 3 fully saturated rings. The average molecular weight is 371 g/mol. The molecule has 0 aromatic heterocycles. The van der Waals surface area contributed by atoms with Crippen LogP contribution < -0.4 is 4.74 Å². The minimum Gasteiger partial charge on any atom is -0.497 e. The van der Waals surface area contributed by atoms with Gasteiger partial charge in [0.05, 0.1) is 18.9 Å². The second-order valence-corrected chi connectivity index (χ2v) is 8.66. The van der Waals surface area contributed by atoms with E-state index in [1.54, 1.807) is 7.11 Å². The summed E-state index contributed by atoms with van der Waals surface area (Å²) in [6.07, 6.45) is 6.97. The van der Waals surface area contributed by atoms with E-state index in [1.807, 2.05) is 23.1 Å². The van der Waals surface area contributed by atoms with Crippen LogP contribution >= 0.6 is 0 Å². The van der Waals surface area contributed by atoms with Crippen LogP contribution in [-0.2, 0) is 16.0 Å². The number of carboxylic acid groups (broad SMARTS) is 1. The Morgan fingerprint density at radius 1 is 1.30 bits per heavy atom. The van der Waals surface area contributed by atoms with Crippen LogP contribution in [0.25, 0.3) is 0 Å². The van der Waals surface area contributed by atoms with Crippen LogP contribution in [-0.4, -0.2) is 41.6 Å². The van der Waals surface area contributed by atoms with E-state index in [0.29, 0.717) is 18.4 Å². The van der Waals surface area contributed by atoms with Gasteiger partial charge in [-0.15, -0.1) is 0 Å². The van der Waals surface area contributed by atoms with Gasteiger partial charge in [-0.2, -0.15) is 0 Å². The van der Waals surface area contributed by atoms with Crippen molar-refractivity contribution in [1.82, 2.24) is 4.90 Å². The van der Waals surface area contributed by atoms with Gasteiger partial charge in [0.15, 0.2) is 0 Å². The molecule has 146 valence electrons. The van der Waals surface area contributed by atoms with Crippen LogP contribution in [0.2, 0.25) is 0 Å². The molecule has 1 amide bonds. The van der Waals surface area contributed by atoms with Crippen LogP contribution in [0.3, 0.4) is 0 Å². The standard InChI is InChI=1S/C22H29NO4/c1-27-19-6-2-4-15(11-19)13-22(14-16-7-8-17(22)10-16)21(26)23-9-3-5-18(23)12-20(24)25/h2,4,6,11,16-18H,3,5,7-10,12-14H2,1H3,(H,24,25). The number of hydrogen-bond donors (Lipinski definition) is 1. The Labute approximate surface area is 160 Å². The van der Waals surface area contributed by atoms with Gasteiger partial charge < -0.3 is 14.7 Å². The molecule has 4 rings (SSSR count). The number of rotatable bonds is 6. The third-order valence-electron chi connectivity index (χ3n) is 7.10. The Balaban J connectivity index is 1.63. The summed E-state index contributed by atoms with van der Waals surface area (Å²) < 4.78 is 5.37. The van der Waals surface area contributed by atoms with E-state index in [0.717, 1.165) is 49.8 Å². The Morgan fingerprint density at radius 2 is 2.15 bits per heavy atom. The average Bonchev–Trinajstić information content (AvgIpc) is 3.37. The third-order valence-corrected chi connectivity index (χ3v) is 7.10. The molecular formula is C22H29NO4. The number of benzene rings is 1. The van der Waals surface area contributed by atoms with Gasteiger partial charge in [0.2, 0.25) is 5.91 Å². The Kier molecular flexibility index (Phi) is 4.87. The van der Waals surface area contributed by atoms with Crippen LogP contribution in [0.5, 0.6) is 5.75 Å². The number of carbonyl (C=O) groups is 2. The fourth-order valence-electron chi connectivity index (χ4n) is 5.95. The van der Waals surface area contributed by atoms with E-state index in [-0.39, 0.29) is 23.8 Å². The van der Waals surface area contributed by atoms with Gasteiger partial charge in [-0.05, 0) is 68.1 Å². The number of carbonyl (C=O) groups excluding carboxylic acids is 1. The fraction of sp³-hybridized carbons (Fsp3) is 0.636. The lowest BCUT2D eigenvalue weighted by Crippen LogP contribution is -2.50. The zero-order valence-electron chi connectivity index (χ0n) is 16.0. The van der Waals surface area contributed by atoms with Crippen LogP contribution in [0.4, 0.5) is 0 Å². The number of fused-ring (bicyclic) bond motifs is 2. The zero-order valence-corrected chi connectivity index (χ0v) is 16.0. The van der Waals surface area contributed by atoms with Crippen LogP contribution in [0.15, 0.2) is 24.3 Å². The normalized spacial score (nSPS) is 32.0. The van der Waals surface area contributed by atoms with Crippen molar-refractivity contribution < 1.29 is 19.4 Å². The monoisotopic (exact) mass is 371 g/mol. The van der Waals surface area contributed by atoms with Crippen LogP contribution in [0, 0.1) is 17.3 Å². The SMILES string of the molecule is COc1cccc(CC2(C(=O)N3CCCC3CC(=O)O)CC3CCC2C3)c1. The van der Waals surface area contributed by atoms with Crippen LogP contribution in [0.1, 0.15) is 50.5 Å². The molecule has 3 aliphatic rings. The molecule has 5 heteroatoms. The molecule has 1 aliphatic heterocycles. The second kappa shape index (κ2) is 7.17. The summed E-state index contributed by atoms with van der Waals surface area (Å²) in [4.78, 5) is 27.0. The number of methoxy groups -OCH3 is 1. The summed E-state index contributed by atoms with van der Waals surface area (Å²) in [5.41, 5.74) is 0.778. The maximum Gasteiger partial charge on any atom is 0.305 e. The molecule has 4 unspecified atom stereocenters. The lowest BCUT2D eigenvalue weighted by atomic mass is 9.68. The van der Waals surface area contributed by atoms with Gasteiger partial charge in [-0.25, -0.2) is 0 Å². The van der Waals surface area contributed by atoms with E-state index < -0.39 is 5.97 Å². The fourth-order valence-corrected chi connectivity index (χ4v) is 5.95. The summed E-state index contributed by atoms with van der Waals surface area (Å²) in [7, 11) is 1.66. The van der Waals surface area contributed by atoms with Gasteiger partial charge >= 0.3 is 5.97 Å². The molecule has 4 atom stereocenters. The predicted octanol–water partition coefficient (Wildman–Crippen LogP) is 3.51. The van der Waals surface area contributed by atoms with E-state index in [2.05, 4.69) is 6.07 Å². The summed E-state index contributed by atoms with van der Waals surface area (Å²) >= 11 is 0. The first-order valence-corrected chi connectivity index (χ1v) is 10.2. The van der Waals surface area contributed by atoms with Gasteiger partial charge in [-0.1, -0.05) is 18.6 Å². The smallest absolute Gasteiger partial charge is 0.305 e. The lowest BCUT2D eigenvalue weighted by molar-refractivity contribution is -0.148. The van der Waals surface area contributed by atoms with Crippen molar-refractivity contribution in [2.45, 2.75) is 57.4 Å². The topological polar surface area (TPSA) is 66.8 Å². The minimum atomic E-state index is -0.811. The highest BCUT2D eigenvalue weighted by atomic mass is 16.5. The van der Waals surface area contributed by atoms with Gasteiger partial charge in [0.25, 0.3) is 0 Å². The Morgan fingerprint density at radius 3 is 2.81 bits per heavy atom. The highest BCUT2D eigenvalue weighted by Gasteiger charge is 2.57. The maximum absolute atomic E-state index is 13.8. The van der Waals surface area contributed by atoms with Gasteiger partial charge in [0.1, 0.15) is 5.75 Å². The quantitative estimate of drug-likeness (QED) is 0.831. The lowest BCUT2D eigenvalue weighted by Gasteiger charge is -2.41. The number of amides is 1. The number of hydrogen-bond acceptors (Lipinski definition) is 3. The molecule has 5 nitrogen and oxygen atoms in total. The maximum atomic E-state index is 13.8. The first kappa shape index (κ1) is 18.3. The van der Waals surface area contributed by atoms with Crippen molar-refractivity contribution in [1.29, 1.82) is 0 Å². The van der Waals surface area contributed by atoms with Crippen molar-refractivity contribution >= 4 is 11.9 Å². The second-order valence-electron chi connectivity index (χ2n) is 8.66. The van der Waals surface area contributed by atoms with Crippen molar-refractivity contribution in [3.05, 3.63) is 29.8 Å². The van der Waals surface area contributed by atoms with Gasteiger partial charge in [-0.3, -0.25) is 9.59 Å². The van der Waals surface area contributed by atoms with E-state index in [9.17, 15) is 14.7 Å². The summed E-state index contributed by atoms with van der Waals surface area (Å²) in [6.45, 7) is 0.702. The first-order valence-electron chi connectivity index (χ1n) is 10.2. The number of aliphatic carboxylic acids is 1. The molecular weight excluding hydrogens is 342 g/mol. The molecule has 2 aliphatic carbocycles. The highest BCUT2D eigenvalue weighted by Crippen LogP contribution is 2.58. The predicted molar refractivity (Wildman–Crippen MR) is 102 cm³/mol. The molecule has 1 aromatic carbocycles. The Bertz CT molecular complexity index is 733. The molecule has 2 saturated carbocycles. The molecule has 1 aromatic rings. The molecule has 2 bridgehead atoms. The third kappa shape index (κ3) is 3.32. The van der Waals surface area contributed by atoms with Crippen molar-refractivity contribution in [2.75, 3.05) is 13.7 Å². The highest BCUT2D eigenvalue weighted by molar-refractivity contribution is 5.85. The number of carboxylic acids is 1. The number of nitrogens with zero attached hydrogens (tertiary/aromatic N) is 1. The van der Waals surface area contributed by atoms with Crippen molar-refractivity contribution in [3.63, 3.8) is 0 Å². The molecule has 0 radical (unpaired) electrons. The number of ether oxygens (including phenoxy) is 1. The summed E-state index contributed by atoms with van der Waals surface area (Å²) in [6, 6.07) is 7.91. The first-order chi connectivity index (χ1) is 13.0. The molecule has 1 N–H and O–H groups in total. The molecule has 1 heterocycles. The number of likely N-dealkylation sites (tertiary alicyclic amines) is 1. The van der Waals surface area contributed by atoms with E-state index in [1.165, 1.54) is 6.42 Å². The minimum absolute atomic E-state index is 0.0646. The van der Waals surface area contributed by atoms with Gasteiger partial charge in [0, 0.05) is 12.6 Å². The Hall–Kier alpha value is -2.04. The molecule has 27 heavy (non-hydrogen) atoms. The molecule has 1 saturated heterocycles.